The van der Waals surface area contributed by atoms with Crippen LogP contribution < -0.4 is 5.32 Å². The van der Waals surface area contributed by atoms with Crippen molar-refractivity contribution >= 4 is 5.91 Å². The third-order valence-corrected chi connectivity index (χ3v) is 5.06. The van der Waals surface area contributed by atoms with Crippen LogP contribution in [0.3, 0.4) is 0 Å². The molecular formula is C21H34N2O2. The minimum absolute atomic E-state index is 0.0154. The molecule has 1 aromatic rings. The van der Waals surface area contributed by atoms with Gasteiger partial charge < -0.3 is 10.4 Å². The van der Waals surface area contributed by atoms with Crippen molar-refractivity contribution in [3.63, 3.8) is 0 Å². The van der Waals surface area contributed by atoms with Crippen LogP contribution in [0.5, 0.6) is 0 Å². The number of likely N-dealkylation sites (tertiary alicyclic amines) is 1. The van der Waals surface area contributed by atoms with Crippen LogP contribution in [0.15, 0.2) is 24.3 Å². The zero-order chi connectivity index (χ0) is 18.2. The van der Waals surface area contributed by atoms with Crippen LogP contribution in [0.25, 0.3) is 0 Å². The van der Waals surface area contributed by atoms with E-state index in [-0.39, 0.29) is 18.6 Å². The van der Waals surface area contributed by atoms with Gasteiger partial charge in [0.2, 0.25) is 5.91 Å². The molecule has 1 heterocycles. The molecule has 0 bridgehead atoms. The third-order valence-electron chi connectivity index (χ3n) is 5.06. The molecule has 25 heavy (non-hydrogen) atoms. The molecule has 4 nitrogen and oxygen atoms in total. The number of benzene rings is 1. The normalized spacial score (nSPS) is 19.8. The number of carbonyl (C=O) groups is 1. The van der Waals surface area contributed by atoms with Crippen molar-refractivity contribution in [1.29, 1.82) is 0 Å². The highest BCUT2D eigenvalue weighted by molar-refractivity contribution is 5.78. The van der Waals surface area contributed by atoms with E-state index in [4.69, 9.17) is 0 Å². The quantitative estimate of drug-likeness (QED) is 0.759. The molecular weight excluding hydrogens is 312 g/mol. The summed E-state index contributed by atoms with van der Waals surface area (Å²) in [6.07, 6.45) is 5.27. The Bertz CT molecular complexity index is 525. The average Bonchev–Trinajstić information content (AvgIpc) is 2.57. The van der Waals surface area contributed by atoms with Gasteiger partial charge in [0.15, 0.2) is 0 Å². The number of amides is 1. The molecule has 1 aliphatic heterocycles. The van der Waals surface area contributed by atoms with Gasteiger partial charge in [-0.1, -0.05) is 44.5 Å². The van der Waals surface area contributed by atoms with Gasteiger partial charge in [-0.05, 0) is 56.2 Å². The predicted octanol–water partition coefficient (Wildman–Crippen LogP) is 3.30. The summed E-state index contributed by atoms with van der Waals surface area (Å²) in [5.74, 6) is 0.725. The van der Waals surface area contributed by atoms with E-state index in [0.717, 1.165) is 37.8 Å². The van der Waals surface area contributed by atoms with E-state index in [2.05, 4.69) is 48.3 Å². The molecule has 1 amide bonds. The fraction of sp³-hybridized carbons (Fsp3) is 0.667. The van der Waals surface area contributed by atoms with Gasteiger partial charge in [0.1, 0.15) is 0 Å². The van der Waals surface area contributed by atoms with Gasteiger partial charge >= 0.3 is 0 Å². The lowest BCUT2D eigenvalue weighted by Gasteiger charge is -2.35. The first-order valence-corrected chi connectivity index (χ1v) is 9.72. The summed E-state index contributed by atoms with van der Waals surface area (Å²) in [6, 6.07) is 8.94. The average molecular weight is 347 g/mol. The van der Waals surface area contributed by atoms with Gasteiger partial charge in [0.05, 0.1) is 12.6 Å². The molecule has 2 rings (SSSR count). The van der Waals surface area contributed by atoms with Crippen LogP contribution in [0.2, 0.25) is 0 Å². The summed E-state index contributed by atoms with van der Waals surface area (Å²) >= 11 is 0. The van der Waals surface area contributed by atoms with Crippen molar-refractivity contribution in [1.82, 2.24) is 10.2 Å². The van der Waals surface area contributed by atoms with E-state index < -0.39 is 0 Å². The maximum Gasteiger partial charge on any atom is 0.234 e. The molecule has 2 unspecified atom stereocenters. The Balaban J connectivity index is 1.86. The van der Waals surface area contributed by atoms with Crippen LogP contribution in [0.1, 0.15) is 63.6 Å². The fourth-order valence-electron chi connectivity index (χ4n) is 3.71. The van der Waals surface area contributed by atoms with Crippen molar-refractivity contribution in [2.75, 3.05) is 19.7 Å². The van der Waals surface area contributed by atoms with E-state index >= 15 is 0 Å². The van der Waals surface area contributed by atoms with Crippen molar-refractivity contribution in [2.45, 2.75) is 65.0 Å². The minimum Gasteiger partial charge on any atom is -0.396 e. The number of piperidine rings is 1. The first-order chi connectivity index (χ1) is 12.0. The van der Waals surface area contributed by atoms with Gasteiger partial charge in [-0.3, -0.25) is 9.69 Å². The molecule has 1 aliphatic rings. The lowest BCUT2D eigenvalue weighted by Crippen LogP contribution is -2.46. The summed E-state index contributed by atoms with van der Waals surface area (Å²) in [4.78, 5) is 14.7. The zero-order valence-corrected chi connectivity index (χ0v) is 16.0. The van der Waals surface area contributed by atoms with Gasteiger partial charge in [0, 0.05) is 12.6 Å². The molecule has 1 fully saturated rings. The minimum atomic E-state index is 0.0154. The second-order valence-corrected chi connectivity index (χ2v) is 7.76. The van der Waals surface area contributed by atoms with E-state index in [9.17, 15) is 9.90 Å². The molecule has 0 spiro atoms. The zero-order valence-electron chi connectivity index (χ0n) is 16.0. The van der Waals surface area contributed by atoms with Gasteiger partial charge in [-0.2, -0.15) is 0 Å². The number of hydrogen-bond acceptors (Lipinski definition) is 3. The summed E-state index contributed by atoms with van der Waals surface area (Å²) < 4.78 is 0. The van der Waals surface area contributed by atoms with Crippen molar-refractivity contribution in [3.05, 3.63) is 35.4 Å². The van der Waals surface area contributed by atoms with E-state index in [1.54, 1.807) is 0 Å². The van der Waals surface area contributed by atoms with Crippen LogP contribution >= 0.6 is 0 Å². The maximum absolute atomic E-state index is 12.4. The fourth-order valence-corrected chi connectivity index (χ4v) is 3.71. The highest BCUT2D eigenvalue weighted by Crippen LogP contribution is 2.20. The lowest BCUT2D eigenvalue weighted by molar-refractivity contribution is -0.123. The van der Waals surface area contributed by atoms with Crippen LogP contribution in [0, 0.1) is 5.92 Å². The molecule has 2 atom stereocenters. The molecule has 0 saturated carbocycles. The van der Waals surface area contributed by atoms with Crippen LogP contribution in [0.4, 0.5) is 0 Å². The molecule has 140 valence electrons. The summed E-state index contributed by atoms with van der Waals surface area (Å²) in [5.41, 5.74) is 2.49. The highest BCUT2D eigenvalue weighted by Gasteiger charge is 2.24. The Morgan fingerprint density at radius 3 is 2.60 bits per heavy atom. The Kier molecular flexibility index (Phi) is 7.91. The highest BCUT2D eigenvalue weighted by atomic mass is 16.3. The molecule has 0 aliphatic carbocycles. The number of hydrogen-bond donors (Lipinski definition) is 2. The summed E-state index contributed by atoms with van der Waals surface area (Å²) in [6.45, 7) is 8.07. The maximum atomic E-state index is 12.4. The van der Waals surface area contributed by atoms with Crippen molar-refractivity contribution in [2.24, 2.45) is 5.92 Å². The van der Waals surface area contributed by atoms with Gasteiger partial charge in [-0.15, -0.1) is 0 Å². The van der Waals surface area contributed by atoms with Crippen molar-refractivity contribution < 1.29 is 9.90 Å². The van der Waals surface area contributed by atoms with Crippen LogP contribution in [-0.4, -0.2) is 41.7 Å². The first-order valence-electron chi connectivity index (χ1n) is 9.72. The second-order valence-electron chi connectivity index (χ2n) is 7.76. The molecule has 0 radical (unpaired) electrons. The number of nitrogens with one attached hydrogen (secondary N) is 1. The van der Waals surface area contributed by atoms with Gasteiger partial charge in [-0.25, -0.2) is 0 Å². The van der Waals surface area contributed by atoms with E-state index in [0.29, 0.717) is 18.5 Å². The monoisotopic (exact) mass is 346 g/mol. The number of nitrogens with zero attached hydrogens (tertiary/aromatic N) is 1. The Hall–Kier alpha value is -1.39. The predicted molar refractivity (Wildman–Crippen MR) is 102 cm³/mol. The summed E-state index contributed by atoms with van der Waals surface area (Å²) in [7, 11) is 0. The number of aliphatic hydroxyl groups is 1. The number of rotatable bonds is 8. The standard InChI is InChI=1S/C21H34N2O2/c1-16(2)14-18-7-9-19(10-8-18)17(3)22-21(25)15-23-12-5-4-6-20(23)11-13-24/h7-10,16-17,20,24H,4-6,11-15H2,1-3H3,(H,22,25). The van der Waals surface area contributed by atoms with Crippen LogP contribution in [-0.2, 0) is 11.2 Å². The molecule has 1 aromatic carbocycles. The topological polar surface area (TPSA) is 52.6 Å². The SMILES string of the molecule is CC(C)Cc1ccc(C(C)NC(=O)CN2CCCCC2CCO)cc1. The second kappa shape index (κ2) is 9.93. The molecule has 1 saturated heterocycles. The Morgan fingerprint density at radius 2 is 1.96 bits per heavy atom. The molecule has 2 N–H and O–H groups in total. The summed E-state index contributed by atoms with van der Waals surface area (Å²) in [5, 5.41) is 12.3. The number of aliphatic hydroxyl groups excluding tert-OH is 1. The van der Waals surface area contributed by atoms with Crippen molar-refractivity contribution in [3.8, 4) is 0 Å². The van der Waals surface area contributed by atoms with Gasteiger partial charge in [0.25, 0.3) is 0 Å². The first kappa shape index (κ1) is 19.9. The Morgan fingerprint density at radius 1 is 1.24 bits per heavy atom. The van der Waals surface area contributed by atoms with E-state index in [1.807, 2.05) is 6.92 Å². The van der Waals surface area contributed by atoms with E-state index in [1.165, 1.54) is 12.0 Å². The third kappa shape index (κ3) is 6.44. The smallest absolute Gasteiger partial charge is 0.234 e. The number of carbonyl (C=O) groups excluding carboxylic acids is 1. The molecule has 0 aromatic heterocycles. The Labute approximate surface area is 152 Å². The molecule has 4 heteroatoms. The lowest BCUT2D eigenvalue weighted by atomic mass is 9.99. The largest absolute Gasteiger partial charge is 0.396 e.